The van der Waals surface area contributed by atoms with E-state index >= 15 is 0 Å². The molecule has 0 spiro atoms. The molecule has 0 saturated carbocycles. The zero-order valence-corrected chi connectivity index (χ0v) is 13.7. The first kappa shape index (κ1) is 16.4. The first-order valence-electron chi connectivity index (χ1n) is 8.46. The summed E-state index contributed by atoms with van der Waals surface area (Å²) < 4.78 is 7.39. The monoisotopic (exact) mass is 322 g/mol. The van der Waals surface area contributed by atoms with Crippen molar-refractivity contribution in [3.63, 3.8) is 0 Å². The fourth-order valence-electron chi connectivity index (χ4n) is 3.47. The summed E-state index contributed by atoms with van der Waals surface area (Å²) in [5.74, 6) is 1.11. The Bertz CT molecular complexity index is 527. The van der Waals surface area contributed by atoms with Gasteiger partial charge in [0.25, 0.3) is 0 Å². The Labute approximate surface area is 136 Å². The molecule has 1 aromatic rings. The van der Waals surface area contributed by atoms with Gasteiger partial charge in [-0.1, -0.05) is 6.92 Å². The smallest absolute Gasteiger partial charge is 0.224 e. The second-order valence-corrected chi connectivity index (χ2v) is 6.22. The molecular weight excluding hydrogens is 296 g/mol. The number of aliphatic hydroxyl groups is 1. The van der Waals surface area contributed by atoms with Gasteiger partial charge in [-0.2, -0.15) is 0 Å². The molecular formula is C16H26N4O3. The maximum Gasteiger partial charge on any atom is 0.224 e. The summed E-state index contributed by atoms with van der Waals surface area (Å²) in [6.45, 7) is 6.84. The molecule has 7 nitrogen and oxygen atoms in total. The Kier molecular flexibility index (Phi) is 5.30. The van der Waals surface area contributed by atoms with Crippen molar-refractivity contribution in [3.8, 4) is 0 Å². The normalized spacial score (nSPS) is 25.9. The number of morpholine rings is 1. The van der Waals surface area contributed by atoms with Crippen molar-refractivity contribution in [3.05, 3.63) is 18.2 Å². The number of nitrogens with zero attached hydrogens (tertiary/aromatic N) is 4. The highest BCUT2D eigenvalue weighted by molar-refractivity contribution is 5.76. The summed E-state index contributed by atoms with van der Waals surface area (Å²) in [5.41, 5.74) is 0. The first-order valence-corrected chi connectivity index (χ1v) is 8.46. The Morgan fingerprint density at radius 2 is 2.17 bits per heavy atom. The van der Waals surface area contributed by atoms with Gasteiger partial charge < -0.3 is 19.3 Å². The van der Waals surface area contributed by atoms with Gasteiger partial charge in [0.05, 0.1) is 25.4 Å². The zero-order valence-electron chi connectivity index (χ0n) is 13.7. The summed E-state index contributed by atoms with van der Waals surface area (Å²) in [6.07, 6.45) is 4.55. The standard InChI is InChI=1S/C16H26N4O3/c1-2-15-17-4-6-19(15)5-3-16(22)20-11-13(14(21)12-20)18-7-9-23-10-8-18/h4,6,13-14,21H,2-3,5,7-12H2,1H3/t13-,14-/m1/s1. The van der Waals surface area contributed by atoms with Crippen LogP contribution < -0.4 is 0 Å². The third kappa shape index (κ3) is 3.73. The average molecular weight is 322 g/mol. The molecule has 1 amide bonds. The minimum absolute atomic E-state index is 0.0438. The number of β-amino-alcohol motifs (C(OH)–C–C–N with tert-alkyl or cyclic N) is 1. The second-order valence-electron chi connectivity index (χ2n) is 6.22. The van der Waals surface area contributed by atoms with Crippen molar-refractivity contribution in [2.75, 3.05) is 39.4 Å². The minimum atomic E-state index is -0.462. The van der Waals surface area contributed by atoms with Gasteiger partial charge in [-0.3, -0.25) is 9.69 Å². The van der Waals surface area contributed by atoms with Gasteiger partial charge in [0, 0.05) is 58.0 Å². The van der Waals surface area contributed by atoms with E-state index in [-0.39, 0.29) is 11.9 Å². The fraction of sp³-hybridized carbons (Fsp3) is 0.750. The van der Waals surface area contributed by atoms with Crippen LogP contribution in [-0.4, -0.2) is 81.9 Å². The van der Waals surface area contributed by atoms with Crippen molar-refractivity contribution >= 4 is 5.91 Å². The van der Waals surface area contributed by atoms with Crippen molar-refractivity contribution in [1.82, 2.24) is 19.4 Å². The molecule has 128 valence electrons. The quantitative estimate of drug-likeness (QED) is 0.809. The lowest BCUT2D eigenvalue weighted by Crippen LogP contribution is -2.49. The second kappa shape index (κ2) is 7.42. The van der Waals surface area contributed by atoms with Crippen LogP contribution >= 0.6 is 0 Å². The van der Waals surface area contributed by atoms with Gasteiger partial charge in [0.15, 0.2) is 0 Å². The van der Waals surface area contributed by atoms with Crippen LogP contribution in [0.4, 0.5) is 0 Å². The van der Waals surface area contributed by atoms with E-state index in [1.807, 2.05) is 10.8 Å². The van der Waals surface area contributed by atoms with E-state index in [4.69, 9.17) is 4.74 Å². The Morgan fingerprint density at radius 1 is 1.39 bits per heavy atom. The van der Waals surface area contributed by atoms with E-state index in [1.165, 1.54) is 0 Å². The Morgan fingerprint density at radius 3 is 2.91 bits per heavy atom. The molecule has 0 bridgehead atoms. The molecule has 1 aromatic heterocycles. The van der Waals surface area contributed by atoms with E-state index in [0.29, 0.717) is 39.3 Å². The van der Waals surface area contributed by atoms with Gasteiger partial charge in [-0.25, -0.2) is 4.98 Å². The van der Waals surface area contributed by atoms with Crippen molar-refractivity contribution in [2.24, 2.45) is 0 Å². The number of aromatic nitrogens is 2. The molecule has 2 aliphatic heterocycles. The molecule has 3 rings (SSSR count). The molecule has 0 radical (unpaired) electrons. The zero-order chi connectivity index (χ0) is 16.2. The van der Waals surface area contributed by atoms with Crippen LogP contribution in [0, 0.1) is 0 Å². The third-order valence-electron chi connectivity index (χ3n) is 4.81. The highest BCUT2D eigenvalue weighted by atomic mass is 16.5. The van der Waals surface area contributed by atoms with E-state index in [2.05, 4.69) is 16.8 Å². The van der Waals surface area contributed by atoms with Crippen LogP contribution in [0.15, 0.2) is 12.4 Å². The topological polar surface area (TPSA) is 70.8 Å². The molecule has 23 heavy (non-hydrogen) atoms. The first-order chi connectivity index (χ1) is 11.2. The van der Waals surface area contributed by atoms with Crippen LogP contribution in [0.3, 0.4) is 0 Å². The molecule has 0 unspecified atom stereocenters. The van der Waals surface area contributed by atoms with E-state index < -0.39 is 6.10 Å². The summed E-state index contributed by atoms with van der Waals surface area (Å²) >= 11 is 0. The average Bonchev–Trinajstić information content (AvgIpc) is 3.19. The lowest BCUT2D eigenvalue weighted by Gasteiger charge is -2.33. The summed E-state index contributed by atoms with van der Waals surface area (Å²) in [6, 6.07) is 0.0438. The number of aryl methyl sites for hydroxylation is 2. The van der Waals surface area contributed by atoms with E-state index in [1.54, 1.807) is 11.1 Å². The number of rotatable bonds is 5. The largest absolute Gasteiger partial charge is 0.390 e. The number of carbonyl (C=O) groups excluding carboxylic acids is 1. The van der Waals surface area contributed by atoms with Crippen LogP contribution in [0.1, 0.15) is 19.2 Å². The summed E-state index contributed by atoms with van der Waals surface area (Å²) in [4.78, 5) is 20.8. The Balaban J connectivity index is 1.52. The number of carbonyl (C=O) groups is 1. The number of hydrogen-bond acceptors (Lipinski definition) is 5. The van der Waals surface area contributed by atoms with Gasteiger partial charge in [-0.15, -0.1) is 0 Å². The van der Waals surface area contributed by atoms with Crippen LogP contribution in [0.5, 0.6) is 0 Å². The summed E-state index contributed by atoms with van der Waals surface area (Å²) in [5, 5.41) is 10.3. The molecule has 2 atom stereocenters. The van der Waals surface area contributed by atoms with Gasteiger partial charge in [-0.05, 0) is 0 Å². The molecule has 1 N–H and O–H groups in total. The summed E-state index contributed by atoms with van der Waals surface area (Å²) in [7, 11) is 0. The SMILES string of the molecule is CCc1nccn1CCC(=O)N1C[C@@H](O)[C@H](N2CCOCC2)C1. The molecule has 2 saturated heterocycles. The number of ether oxygens (including phenoxy) is 1. The Hall–Kier alpha value is -1.44. The van der Waals surface area contributed by atoms with Gasteiger partial charge in [0.1, 0.15) is 5.82 Å². The molecule has 0 aliphatic carbocycles. The van der Waals surface area contributed by atoms with E-state index in [9.17, 15) is 9.90 Å². The van der Waals surface area contributed by atoms with Crippen molar-refractivity contribution in [2.45, 2.75) is 38.5 Å². The lowest BCUT2D eigenvalue weighted by atomic mass is 10.1. The molecule has 2 fully saturated rings. The third-order valence-corrected chi connectivity index (χ3v) is 4.81. The highest BCUT2D eigenvalue weighted by Crippen LogP contribution is 2.18. The van der Waals surface area contributed by atoms with E-state index in [0.717, 1.165) is 25.3 Å². The highest BCUT2D eigenvalue weighted by Gasteiger charge is 2.37. The number of aliphatic hydroxyl groups excluding tert-OH is 1. The number of amides is 1. The van der Waals surface area contributed by atoms with Gasteiger partial charge >= 0.3 is 0 Å². The van der Waals surface area contributed by atoms with Crippen LogP contribution in [-0.2, 0) is 22.5 Å². The molecule has 3 heterocycles. The maximum atomic E-state index is 12.5. The predicted octanol–water partition coefficient (Wildman–Crippen LogP) is -0.260. The molecule has 2 aliphatic rings. The van der Waals surface area contributed by atoms with Crippen molar-refractivity contribution < 1.29 is 14.6 Å². The lowest BCUT2D eigenvalue weighted by molar-refractivity contribution is -0.130. The molecule has 7 heteroatoms. The number of imidazole rings is 1. The molecule has 0 aromatic carbocycles. The predicted molar refractivity (Wildman–Crippen MR) is 85.0 cm³/mol. The number of likely N-dealkylation sites (tertiary alicyclic amines) is 1. The number of hydrogen-bond donors (Lipinski definition) is 1. The fourth-order valence-corrected chi connectivity index (χ4v) is 3.47. The van der Waals surface area contributed by atoms with Crippen LogP contribution in [0.25, 0.3) is 0 Å². The van der Waals surface area contributed by atoms with Crippen LogP contribution in [0.2, 0.25) is 0 Å². The van der Waals surface area contributed by atoms with Gasteiger partial charge in [0.2, 0.25) is 5.91 Å². The van der Waals surface area contributed by atoms with Crippen molar-refractivity contribution in [1.29, 1.82) is 0 Å². The maximum absolute atomic E-state index is 12.5. The minimum Gasteiger partial charge on any atom is -0.390 e.